The van der Waals surface area contributed by atoms with Gasteiger partial charge in [-0.2, -0.15) is 0 Å². The zero-order chi connectivity index (χ0) is 20.3. The van der Waals surface area contributed by atoms with Gasteiger partial charge in [0.05, 0.1) is 0 Å². The van der Waals surface area contributed by atoms with Crippen LogP contribution in [0.15, 0.2) is 91.0 Å². The Labute approximate surface area is 175 Å². The van der Waals surface area contributed by atoms with Crippen LogP contribution in [0.3, 0.4) is 0 Å². The summed E-state index contributed by atoms with van der Waals surface area (Å²) in [5.74, 6) is 2.78. The second-order valence-corrected chi connectivity index (χ2v) is 11.2. The van der Waals surface area contributed by atoms with Crippen LogP contribution in [-0.2, 0) is 0 Å². The van der Waals surface area contributed by atoms with Crippen LogP contribution < -0.4 is 35.7 Å². The van der Waals surface area contributed by atoms with Crippen LogP contribution in [0, 0.1) is 0 Å². The van der Waals surface area contributed by atoms with E-state index < -0.39 is 15.2 Å². The minimum absolute atomic E-state index is 0.346. The smallest absolute Gasteiger partial charge is 0.458 e. The maximum absolute atomic E-state index is 10.1. The van der Waals surface area contributed by atoms with Gasteiger partial charge in [0, 0.05) is 10.6 Å². The van der Waals surface area contributed by atoms with E-state index in [9.17, 15) is 10.0 Å². The minimum atomic E-state index is -2.80. The molecule has 1 atom stereocenters. The largest absolute Gasteiger partial charge is 0.492 e. The van der Waals surface area contributed by atoms with Crippen molar-refractivity contribution in [2.24, 2.45) is 0 Å². The summed E-state index contributed by atoms with van der Waals surface area (Å²) in [5, 5.41) is 24.6. The topological polar surface area (TPSA) is 58.9 Å². The van der Waals surface area contributed by atoms with Crippen molar-refractivity contribution in [2.75, 3.05) is 0 Å². The van der Waals surface area contributed by atoms with Crippen LogP contribution >= 0.6 is 0 Å². The Balaban J connectivity index is 1.85. The fraction of sp³-hybridized carbons (Fsp3) is 0. The summed E-state index contributed by atoms with van der Waals surface area (Å²) in [7, 11) is -4.45. The van der Waals surface area contributed by atoms with Gasteiger partial charge in [0.2, 0.25) is 0 Å². The predicted octanol–water partition coefficient (Wildman–Crippen LogP) is 0.955. The molecule has 2 heterocycles. The Kier molecular flexibility index (Phi) is 3.70. The normalized spacial score (nSPS) is 17.7. The molecule has 4 aromatic carbocycles. The molecule has 30 heavy (non-hydrogen) atoms. The van der Waals surface area contributed by atoms with Crippen molar-refractivity contribution in [3.05, 3.63) is 91.0 Å². The zero-order valence-electron chi connectivity index (χ0n) is 15.9. The van der Waals surface area contributed by atoms with E-state index in [1.807, 2.05) is 48.5 Å². The first-order chi connectivity index (χ1) is 14.7. The van der Waals surface area contributed by atoms with Crippen molar-refractivity contribution in [1.82, 2.24) is 0 Å². The number of hydrogen-bond acceptors (Lipinski definition) is 4. The van der Waals surface area contributed by atoms with Gasteiger partial charge in [-0.15, -0.1) is 0 Å². The van der Waals surface area contributed by atoms with Crippen molar-refractivity contribution in [3.8, 4) is 23.0 Å². The average Bonchev–Trinajstić information content (AvgIpc) is 2.79. The molecule has 6 heteroatoms. The van der Waals surface area contributed by atoms with Crippen LogP contribution in [0.5, 0.6) is 23.0 Å². The highest BCUT2D eigenvalue weighted by atomic mass is 28.3. The summed E-state index contributed by atoms with van der Waals surface area (Å²) in [5.41, 5.74) is 0.346. The lowest BCUT2D eigenvalue weighted by atomic mass is 9.79. The number of para-hydroxylation sites is 2. The summed E-state index contributed by atoms with van der Waals surface area (Å²) in [6.07, 6.45) is 0. The molecule has 2 aliphatic heterocycles. The Morgan fingerprint density at radius 3 is 1.87 bits per heavy atom. The van der Waals surface area contributed by atoms with Crippen LogP contribution in [0.4, 0.5) is 0 Å². The third-order valence-electron chi connectivity index (χ3n) is 6.02. The molecular formula is C24H17BO4Si. The molecule has 0 fully saturated rings. The van der Waals surface area contributed by atoms with Gasteiger partial charge in [-0.05, 0) is 33.8 Å². The predicted molar refractivity (Wildman–Crippen MR) is 120 cm³/mol. The van der Waals surface area contributed by atoms with Gasteiger partial charge in [0.1, 0.15) is 23.0 Å². The van der Waals surface area contributed by atoms with Gasteiger partial charge < -0.3 is 19.5 Å². The lowest BCUT2D eigenvalue weighted by Crippen LogP contribution is -2.78. The molecule has 0 radical (unpaired) electrons. The Hall–Kier alpha value is -3.32. The third-order valence-corrected chi connectivity index (χ3v) is 10.9. The molecule has 0 amide bonds. The Morgan fingerprint density at radius 2 is 1.20 bits per heavy atom. The van der Waals surface area contributed by atoms with Crippen molar-refractivity contribution in [2.45, 2.75) is 0 Å². The molecule has 2 N–H and O–H groups in total. The van der Waals surface area contributed by atoms with E-state index in [1.165, 1.54) is 5.19 Å². The SMILES string of the molecule is OB(O)c1ccc2c3c1Oc1ccccc1[Si]3(c1ccccc1)c1ccccc1O2. The van der Waals surface area contributed by atoms with Crippen molar-refractivity contribution in [1.29, 1.82) is 0 Å². The van der Waals surface area contributed by atoms with Crippen LogP contribution in [0.2, 0.25) is 0 Å². The molecule has 0 saturated carbocycles. The average molecular weight is 408 g/mol. The van der Waals surface area contributed by atoms with Gasteiger partial charge in [0.25, 0.3) is 0 Å². The van der Waals surface area contributed by atoms with E-state index >= 15 is 0 Å². The second-order valence-electron chi connectivity index (χ2n) is 7.54. The number of ether oxygens (including phenoxy) is 2. The molecule has 4 nitrogen and oxygen atoms in total. The van der Waals surface area contributed by atoms with Crippen molar-refractivity contribution < 1.29 is 19.5 Å². The molecule has 144 valence electrons. The zero-order valence-corrected chi connectivity index (χ0v) is 16.9. The highest BCUT2D eigenvalue weighted by Gasteiger charge is 2.54. The Bertz CT molecular complexity index is 1280. The molecule has 4 aromatic rings. The summed E-state index contributed by atoms with van der Waals surface area (Å²) in [6, 6.07) is 30.1. The fourth-order valence-electron chi connectivity index (χ4n) is 4.85. The van der Waals surface area contributed by atoms with Gasteiger partial charge in [-0.25, -0.2) is 0 Å². The second kappa shape index (κ2) is 6.34. The maximum Gasteiger partial charge on any atom is 0.492 e. The van der Waals surface area contributed by atoms with Crippen molar-refractivity contribution >= 4 is 41.4 Å². The maximum atomic E-state index is 10.1. The fourth-order valence-corrected chi connectivity index (χ4v) is 10.0. The molecule has 0 spiro atoms. The first-order valence-corrected chi connectivity index (χ1v) is 11.8. The van der Waals surface area contributed by atoms with Gasteiger partial charge >= 0.3 is 7.12 Å². The molecule has 6 rings (SSSR count). The van der Waals surface area contributed by atoms with Crippen LogP contribution in [-0.4, -0.2) is 25.2 Å². The summed E-state index contributed by atoms with van der Waals surface area (Å²) < 4.78 is 12.6. The molecule has 1 unspecified atom stereocenters. The van der Waals surface area contributed by atoms with Gasteiger partial charge in [0.15, 0.2) is 8.07 Å². The van der Waals surface area contributed by atoms with Gasteiger partial charge in [-0.1, -0.05) is 72.8 Å². The monoisotopic (exact) mass is 408 g/mol. The first-order valence-electron chi connectivity index (χ1n) is 9.85. The summed E-state index contributed by atoms with van der Waals surface area (Å²) in [6.45, 7) is 0. The lowest BCUT2D eigenvalue weighted by molar-refractivity contribution is 0.420. The minimum Gasteiger partial charge on any atom is -0.458 e. The van der Waals surface area contributed by atoms with Crippen LogP contribution in [0.1, 0.15) is 0 Å². The molecule has 0 saturated heterocycles. The van der Waals surface area contributed by atoms with E-state index in [-0.39, 0.29) is 0 Å². The van der Waals surface area contributed by atoms with E-state index in [0.29, 0.717) is 17.0 Å². The van der Waals surface area contributed by atoms with E-state index in [2.05, 4.69) is 36.4 Å². The third kappa shape index (κ3) is 2.18. The number of rotatable bonds is 2. The number of hydrogen-bond donors (Lipinski definition) is 2. The standard InChI is InChI=1S/C24H17BO4Si/c26-25(27)17-14-15-20-24-23(17)29-19-11-5-7-13-22(19)30(24,16-8-2-1-3-9-16)21-12-6-4-10-18(21)28-20/h1-15,26-27H. The molecular weight excluding hydrogens is 391 g/mol. The van der Waals surface area contributed by atoms with E-state index in [0.717, 1.165) is 27.1 Å². The Morgan fingerprint density at radius 1 is 0.600 bits per heavy atom. The highest BCUT2D eigenvalue weighted by Crippen LogP contribution is 2.37. The summed E-state index contributed by atoms with van der Waals surface area (Å²) >= 11 is 0. The first kappa shape index (κ1) is 17.5. The van der Waals surface area contributed by atoms with E-state index in [4.69, 9.17) is 9.47 Å². The van der Waals surface area contributed by atoms with E-state index in [1.54, 1.807) is 6.07 Å². The summed E-state index contributed by atoms with van der Waals surface area (Å²) in [4.78, 5) is 0. The quantitative estimate of drug-likeness (QED) is 0.419. The lowest BCUT2D eigenvalue weighted by Gasteiger charge is -2.43. The molecule has 0 aliphatic carbocycles. The number of fused-ring (bicyclic) bond motifs is 4. The van der Waals surface area contributed by atoms with Gasteiger partial charge in [-0.3, -0.25) is 0 Å². The molecule has 2 aliphatic rings. The van der Waals surface area contributed by atoms with Crippen molar-refractivity contribution in [3.63, 3.8) is 0 Å². The number of benzene rings is 4. The van der Waals surface area contributed by atoms with Crippen LogP contribution in [0.25, 0.3) is 0 Å². The molecule has 0 bridgehead atoms. The molecule has 0 aromatic heterocycles. The highest BCUT2D eigenvalue weighted by molar-refractivity contribution is 7.21.